The van der Waals surface area contributed by atoms with Crippen molar-refractivity contribution in [1.82, 2.24) is 0 Å². The van der Waals surface area contributed by atoms with Crippen LogP contribution in [-0.4, -0.2) is 12.6 Å². The summed E-state index contributed by atoms with van der Waals surface area (Å²) < 4.78 is 41.8. The van der Waals surface area contributed by atoms with Gasteiger partial charge >= 0.3 is 12.1 Å². The minimum absolute atomic E-state index is 0.0450. The van der Waals surface area contributed by atoms with Gasteiger partial charge in [0.2, 0.25) is 0 Å². The van der Waals surface area contributed by atoms with E-state index in [1.54, 1.807) is 13.0 Å². The van der Waals surface area contributed by atoms with Gasteiger partial charge in [0.05, 0.1) is 17.7 Å². The van der Waals surface area contributed by atoms with Crippen LogP contribution in [0.4, 0.5) is 13.2 Å². The first-order chi connectivity index (χ1) is 8.88. The van der Waals surface area contributed by atoms with Crippen LogP contribution in [0.3, 0.4) is 0 Å². The van der Waals surface area contributed by atoms with E-state index in [1.165, 1.54) is 0 Å². The number of hydrogen-bond acceptors (Lipinski definition) is 3. The van der Waals surface area contributed by atoms with Crippen LogP contribution < -0.4 is 0 Å². The highest BCUT2D eigenvalue weighted by atomic mass is 19.4. The summed E-state index contributed by atoms with van der Waals surface area (Å²) in [6, 6.07) is 4.15. The zero-order valence-corrected chi connectivity index (χ0v) is 9.84. The fourth-order valence-corrected chi connectivity index (χ4v) is 1.21. The third-order valence-electron chi connectivity index (χ3n) is 2.04. The van der Waals surface area contributed by atoms with Crippen LogP contribution in [0.5, 0.6) is 0 Å². The minimum atomic E-state index is -4.53. The molecule has 98 valence electrons. The lowest BCUT2D eigenvalue weighted by molar-refractivity contribution is -0.138. The number of halogens is 3. The summed E-state index contributed by atoms with van der Waals surface area (Å²) in [6.07, 6.45) is -4.53. The molecule has 0 spiro atoms. The van der Waals surface area contributed by atoms with Crippen LogP contribution in [0.25, 0.3) is 0 Å². The van der Waals surface area contributed by atoms with Crippen LogP contribution >= 0.6 is 0 Å². The Labute approximate surface area is 107 Å². The fourth-order valence-electron chi connectivity index (χ4n) is 1.21. The van der Waals surface area contributed by atoms with Crippen LogP contribution in [0.1, 0.15) is 23.6 Å². The van der Waals surface area contributed by atoms with Crippen molar-refractivity contribution in [3.05, 3.63) is 34.9 Å². The Morgan fingerprint density at radius 1 is 1.37 bits per heavy atom. The molecule has 0 aliphatic carbocycles. The van der Waals surface area contributed by atoms with Crippen LogP contribution in [-0.2, 0) is 15.7 Å². The largest absolute Gasteiger partial charge is 0.456 e. The second kappa shape index (κ2) is 5.92. The van der Waals surface area contributed by atoms with Crippen molar-refractivity contribution in [3.8, 4) is 17.9 Å². The molecule has 1 aromatic rings. The maximum absolute atomic E-state index is 12.4. The van der Waals surface area contributed by atoms with Crippen molar-refractivity contribution < 1.29 is 22.7 Å². The average Bonchev–Trinajstić information content (AvgIpc) is 2.35. The molecule has 0 unspecified atom stereocenters. The molecule has 1 aromatic carbocycles. The number of hydrogen-bond donors (Lipinski definition) is 0. The summed E-state index contributed by atoms with van der Waals surface area (Å²) in [5.74, 6) is 3.60. The Kier molecular flexibility index (Phi) is 4.55. The Hall–Kier alpha value is -2.47. The third kappa shape index (κ3) is 4.04. The topological polar surface area (TPSA) is 50.1 Å². The zero-order valence-electron chi connectivity index (χ0n) is 9.84. The summed E-state index contributed by atoms with van der Waals surface area (Å²) in [4.78, 5) is 11.0. The van der Waals surface area contributed by atoms with E-state index in [-0.39, 0.29) is 17.7 Å². The molecule has 0 aliphatic heterocycles. The SMILES string of the molecule is CCOC(=O)C#Cc1ccc(C(F)(F)F)cc1C#N. The Balaban J connectivity index is 3.11. The van der Waals surface area contributed by atoms with Gasteiger partial charge in [-0.2, -0.15) is 18.4 Å². The molecular formula is C13H8F3NO2. The van der Waals surface area contributed by atoms with Gasteiger partial charge in [-0.1, -0.05) is 5.92 Å². The first kappa shape index (κ1) is 14.6. The molecule has 19 heavy (non-hydrogen) atoms. The van der Waals surface area contributed by atoms with E-state index in [9.17, 15) is 18.0 Å². The van der Waals surface area contributed by atoms with Gasteiger partial charge in [-0.25, -0.2) is 4.79 Å². The number of nitriles is 1. The first-order valence-corrected chi connectivity index (χ1v) is 5.18. The summed E-state index contributed by atoms with van der Waals surface area (Å²) in [5.41, 5.74) is -1.14. The van der Waals surface area contributed by atoms with Gasteiger partial charge in [-0.15, -0.1) is 0 Å². The molecule has 0 atom stereocenters. The normalized spacial score (nSPS) is 10.1. The van der Waals surface area contributed by atoms with Crippen molar-refractivity contribution in [1.29, 1.82) is 5.26 Å². The lowest BCUT2D eigenvalue weighted by atomic mass is 10.0. The van der Waals surface area contributed by atoms with E-state index >= 15 is 0 Å². The van der Waals surface area contributed by atoms with Gasteiger partial charge in [-0.3, -0.25) is 0 Å². The number of carbonyl (C=O) groups excluding carboxylic acids is 1. The summed E-state index contributed by atoms with van der Waals surface area (Å²) in [5, 5.41) is 8.78. The van der Waals surface area contributed by atoms with Gasteiger partial charge < -0.3 is 4.74 Å². The van der Waals surface area contributed by atoms with Crippen molar-refractivity contribution in [2.45, 2.75) is 13.1 Å². The van der Waals surface area contributed by atoms with Gasteiger partial charge in [0.25, 0.3) is 0 Å². The highest BCUT2D eigenvalue weighted by Gasteiger charge is 2.30. The quantitative estimate of drug-likeness (QED) is 0.580. The smallest absolute Gasteiger partial charge is 0.416 e. The van der Waals surface area contributed by atoms with E-state index in [2.05, 4.69) is 16.6 Å². The molecule has 0 saturated heterocycles. The highest BCUT2D eigenvalue weighted by molar-refractivity contribution is 5.89. The second-order valence-electron chi connectivity index (χ2n) is 3.34. The van der Waals surface area contributed by atoms with Gasteiger partial charge in [0.1, 0.15) is 6.07 Å². The molecule has 0 heterocycles. The maximum atomic E-state index is 12.4. The highest BCUT2D eigenvalue weighted by Crippen LogP contribution is 2.30. The molecule has 0 aliphatic rings. The summed E-state index contributed by atoms with van der Waals surface area (Å²) in [6.45, 7) is 1.74. The van der Waals surface area contributed by atoms with Gasteiger partial charge in [-0.05, 0) is 25.1 Å². The molecular weight excluding hydrogens is 259 g/mol. The van der Waals surface area contributed by atoms with E-state index in [0.717, 1.165) is 12.1 Å². The molecule has 1 rings (SSSR count). The minimum Gasteiger partial charge on any atom is -0.456 e. The lowest BCUT2D eigenvalue weighted by Gasteiger charge is -2.06. The summed E-state index contributed by atoms with van der Waals surface area (Å²) in [7, 11) is 0. The molecule has 0 fully saturated rings. The van der Waals surface area contributed by atoms with Gasteiger partial charge in [0.15, 0.2) is 0 Å². The predicted octanol–water partition coefficient (Wildman–Crippen LogP) is 2.49. The van der Waals surface area contributed by atoms with E-state index in [1.807, 2.05) is 0 Å². The molecule has 0 saturated carbocycles. The van der Waals surface area contributed by atoms with Crippen molar-refractivity contribution >= 4 is 5.97 Å². The summed E-state index contributed by atoms with van der Waals surface area (Å²) >= 11 is 0. The molecule has 0 aromatic heterocycles. The molecule has 0 N–H and O–H groups in total. The molecule has 0 bridgehead atoms. The number of esters is 1. The third-order valence-corrected chi connectivity index (χ3v) is 2.04. The Morgan fingerprint density at radius 2 is 2.05 bits per heavy atom. The molecule has 0 amide bonds. The zero-order chi connectivity index (χ0) is 14.5. The van der Waals surface area contributed by atoms with Crippen molar-refractivity contribution in [3.63, 3.8) is 0 Å². The van der Waals surface area contributed by atoms with E-state index < -0.39 is 17.7 Å². The van der Waals surface area contributed by atoms with Crippen LogP contribution in [0.2, 0.25) is 0 Å². The van der Waals surface area contributed by atoms with Crippen LogP contribution in [0, 0.1) is 23.2 Å². The number of carbonyl (C=O) groups is 1. The maximum Gasteiger partial charge on any atom is 0.416 e. The monoisotopic (exact) mass is 267 g/mol. The number of benzene rings is 1. The molecule has 0 radical (unpaired) electrons. The van der Waals surface area contributed by atoms with E-state index in [0.29, 0.717) is 6.07 Å². The predicted molar refractivity (Wildman–Crippen MR) is 59.7 cm³/mol. The van der Waals surface area contributed by atoms with Crippen molar-refractivity contribution in [2.75, 3.05) is 6.61 Å². The number of ether oxygens (including phenoxy) is 1. The molecule has 6 heteroatoms. The van der Waals surface area contributed by atoms with Gasteiger partial charge in [0, 0.05) is 11.5 Å². The fraction of sp³-hybridized carbons (Fsp3) is 0.231. The van der Waals surface area contributed by atoms with Crippen LogP contribution in [0.15, 0.2) is 18.2 Å². The Bertz CT molecular complexity index is 589. The number of nitrogens with zero attached hydrogens (tertiary/aromatic N) is 1. The average molecular weight is 267 g/mol. The molecule has 3 nitrogen and oxygen atoms in total. The van der Waals surface area contributed by atoms with Crippen molar-refractivity contribution in [2.24, 2.45) is 0 Å². The van der Waals surface area contributed by atoms with E-state index in [4.69, 9.17) is 5.26 Å². The number of rotatable bonds is 1. The Morgan fingerprint density at radius 3 is 2.58 bits per heavy atom. The second-order valence-corrected chi connectivity index (χ2v) is 3.34. The standard InChI is InChI=1S/C13H8F3NO2/c1-2-19-12(18)6-4-9-3-5-11(13(14,15)16)7-10(9)8-17/h3,5,7H,2H2,1H3. The lowest BCUT2D eigenvalue weighted by Crippen LogP contribution is -2.05. The first-order valence-electron chi connectivity index (χ1n) is 5.18. The number of alkyl halides is 3.